The lowest BCUT2D eigenvalue weighted by molar-refractivity contribution is -0.121. The number of nitrogens with zero attached hydrogens (tertiary/aromatic N) is 4. The van der Waals surface area contributed by atoms with Gasteiger partial charge in [0.2, 0.25) is 5.91 Å². The normalized spacial score (nSPS) is 16.5. The summed E-state index contributed by atoms with van der Waals surface area (Å²) in [5.74, 6) is 1.78. The average molecular weight is 367 g/mol. The Morgan fingerprint density at radius 3 is 3.00 bits per heavy atom. The number of carbonyl (C=O) groups is 1. The fraction of sp³-hybridized carbons (Fsp3) is 0.368. The summed E-state index contributed by atoms with van der Waals surface area (Å²) in [6, 6.07) is 9.79. The molecule has 8 nitrogen and oxygen atoms in total. The first-order chi connectivity index (χ1) is 13.3. The van der Waals surface area contributed by atoms with Gasteiger partial charge in [-0.05, 0) is 12.8 Å². The lowest BCUT2D eigenvalue weighted by Gasteiger charge is -2.08. The molecule has 1 aliphatic heterocycles. The van der Waals surface area contributed by atoms with Gasteiger partial charge in [0.25, 0.3) is 5.89 Å². The summed E-state index contributed by atoms with van der Waals surface area (Å²) >= 11 is 0. The van der Waals surface area contributed by atoms with Gasteiger partial charge in [0.1, 0.15) is 18.5 Å². The van der Waals surface area contributed by atoms with E-state index < -0.39 is 0 Å². The summed E-state index contributed by atoms with van der Waals surface area (Å²) in [6.45, 7) is 1.38. The predicted molar refractivity (Wildman–Crippen MR) is 96.6 cm³/mol. The van der Waals surface area contributed by atoms with Gasteiger partial charge in [-0.2, -0.15) is 4.98 Å². The molecule has 1 fully saturated rings. The van der Waals surface area contributed by atoms with Crippen LogP contribution in [0.2, 0.25) is 0 Å². The van der Waals surface area contributed by atoms with Crippen molar-refractivity contribution < 1.29 is 14.1 Å². The van der Waals surface area contributed by atoms with Crippen LogP contribution in [0, 0.1) is 0 Å². The fourth-order valence-electron chi connectivity index (χ4n) is 3.08. The molecule has 1 aliphatic rings. The van der Waals surface area contributed by atoms with E-state index in [-0.39, 0.29) is 18.6 Å². The molecule has 8 heteroatoms. The minimum atomic E-state index is -0.0898. The molecule has 27 heavy (non-hydrogen) atoms. The molecule has 3 aromatic rings. The van der Waals surface area contributed by atoms with Crippen molar-refractivity contribution in [3.63, 3.8) is 0 Å². The van der Waals surface area contributed by atoms with Gasteiger partial charge in [-0.1, -0.05) is 35.5 Å². The minimum absolute atomic E-state index is 0.0847. The largest absolute Gasteiger partial charge is 0.368 e. The minimum Gasteiger partial charge on any atom is -0.368 e. The van der Waals surface area contributed by atoms with Crippen LogP contribution in [0.1, 0.15) is 30.7 Å². The molecular weight excluding hydrogens is 346 g/mol. The van der Waals surface area contributed by atoms with Crippen LogP contribution >= 0.6 is 0 Å². The number of imidazole rings is 1. The van der Waals surface area contributed by atoms with Gasteiger partial charge in [-0.25, -0.2) is 4.98 Å². The Balaban J connectivity index is 1.28. The molecule has 0 radical (unpaired) electrons. The standard InChI is InChI=1S/C19H21N5O3/c25-17(13-24-11-10-21-18(24)14-5-2-1-3-6-14)20-9-8-16-22-19(27-23-16)15-7-4-12-26-15/h1-3,5-6,10-11,15H,4,7-9,12-13H2,(H,20,25). The van der Waals surface area contributed by atoms with Crippen LogP contribution in [0.3, 0.4) is 0 Å². The maximum Gasteiger partial charge on any atom is 0.255 e. The highest BCUT2D eigenvalue weighted by molar-refractivity contribution is 5.76. The third-order valence-electron chi connectivity index (χ3n) is 4.42. The monoisotopic (exact) mass is 367 g/mol. The number of hydrogen-bond acceptors (Lipinski definition) is 6. The van der Waals surface area contributed by atoms with Gasteiger partial charge in [-0.3, -0.25) is 4.79 Å². The Morgan fingerprint density at radius 2 is 2.19 bits per heavy atom. The molecule has 140 valence electrons. The van der Waals surface area contributed by atoms with Crippen molar-refractivity contribution in [1.29, 1.82) is 0 Å². The number of hydrogen-bond donors (Lipinski definition) is 1. The number of nitrogens with one attached hydrogen (secondary N) is 1. The van der Waals surface area contributed by atoms with Crippen LogP contribution in [0.5, 0.6) is 0 Å². The highest BCUT2D eigenvalue weighted by Crippen LogP contribution is 2.26. The summed E-state index contributed by atoms with van der Waals surface area (Å²) in [5.41, 5.74) is 0.976. The van der Waals surface area contributed by atoms with Crippen LogP contribution in [0.4, 0.5) is 0 Å². The molecule has 1 atom stereocenters. The average Bonchev–Trinajstić information content (AvgIpc) is 3.44. The molecule has 1 amide bonds. The molecule has 0 saturated carbocycles. The van der Waals surface area contributed by atoms with Crippen molar-refractivity contribution >= 4 is 5.91 Å². The van der Waals surface area contributed by atoms with E-state index in [1.807, 2.05) is 34.9 Å². The number of aromatic nitrogens is 4. The fourth-order valence-corrected chi connectivity index (χ4v) is 3.08. The first kappa shape index (κ1) is 17.4. The molecule has 0 bridgehead atoms. The summed E-state index contributed by atoms with van der Waals surface area (Å²) < 4.78 is 12.6. The Kier molecular flexibility index (Phi) is 5.24. The Morgan fingerprint density at radius 1 is 1.30 bits per heavy atom. The zero-order chi connectivity index (χ0) is 18.5. The van der Waals surface area contributed by atoms with Crippen molar-refractivity contribution in [3.05, 3.63) is 54.4 Å². The first-order valence-corrected chi connectivity index (χ1v) is 9.07. The molecule has 0 spiro atoms. The van der Waals surface area contributed by atoms with Crippen molar-refractivity contribution in [2.45, 2.75) is 31.9 Å². The zero-order valence-corrected chi connectivity index (χ0v) is 14.9. The maximum absolute atomic E-state index is 12.3. The lowest BCUT2D eigenvalue weighted by Crippen LogP contribution is -2.29. The van der Waals surface area contributed by atoms with Crippen LogP contribution in [0.15, 0.2) is 47.2 Å². The molecule has 2 aromatic heterocycles. The Hall–Kier alpha value is -3.00. The van der Waals surface area contributed by atoms with E-state index in [1.54, 1.807) is 12.4 Å². The summed E-state index contributed by atoms with van der Waals surface area (Å²) in [5, 5.41) is 6.84. The van der Waals surface area contributed by atoms with Crippen LogP contribution in [-0.4, -0.2) is 38.8 Å². The second kappa shape index (κ2) is 8.13. The third kappa shape index (κ3) is 4.22. The smallest absolute Gasteiger partial charge is 0.255 e. The molecular formula is C19H21N5O3. The summed E-state index contributed by atoms with van der Waals surface area (Å²) in [7, 11) is 0. The lowest BCUT2D eigenvalue weighted by atomic mass is 10.2. The number of amides is 1. The van der Waals surface area contributed by atoms with E-state index in [9.17, 15) is 4.79 Å². The highest BCUT2D eigenvalue weighted by Gasteiger charge is 2.23. The highest BCUT2D eigenvalue weighted by atomic mass is 16.5. The van der Waals surface area contributed by atoms with Gasteiger partial charge >= 0.3 is 0 Å². The van der Waals surface area contributed by atoms with E-state index in [0.29, 0.717) is 24.7 Å². The number of carbonyl (C=O) groups excluding carboxylic acids is 1. The van der Waals surface area contributed by atoms with E-state index in [0.717, 1.165) is 30.8 Å². The number of ether oxygens (including phenoxy) is 1. The van der Waals surface area contributed by atoms with E-state index in [4.69, 9.17) is 9.26 Å². The number of rotatable bonds is 7. The molecule has 1 aromatic carbocycles. The Labute approximate surface area is 156 Å². The SMILES string of the molecule is O=C(Cn1ccnc1-c1ccccc1)NCCc1noc(C2CCCO2)n1. The van der Waals surface area contributed by atoms with Crippen molar-refractivity contribution in [2.75, 3.05) is 13.2 Å². The van der Waals surface area contributed by atoms with Gasteiger partial charge in [0.15, 0.2) is 5.82 Å². The topological polar surface area (TPSA) is 95.1 Å². The summed E-state index contributed by atoms with van der Waals surface area (Å²) in [6.07, 6.45) is 5.84. The van der Waals surface area contributed by atoms with Gasteiger partial charge in [0.05, 0.1) is 0 Å². The quantitative estimate of drug-likeness (QED) is 0.687. The second-order valence-corrected chi connectivity index (χ2v) is 6.40. The van der Waals surface area contributed by atoms with Gasteiger partial charge < -0.3 is 19.1 Å². The van der Waals surface area contributed by atoms with E-state index >= 15 is 0 Å². The predicted octanol–water partition coefficient (Wildman–Crippen LogP) is 2.14. The molecule has 3 heterocycles. The van der Waals surface area contributed by atoms with E-state index in [2.05, 4.69) is 20.4 Å². The molecule has 1 saturated heterocycles. The van der Waals surface area contributed by atoms with Gasteiger partial charge in [0, 0.05) is 37.5 Å². The van der Waals surface area contributed by atoms with Crippen LogP contribution < -0.4 is 5.32 Å². The summed E-state index contributed by atoms with van der Waals surface area (Å²) in [4.78, 5) is 21.0. The van der Waals surface area contributed by atoms with Gasteiger partial charge in [-0.15, -0.1) is 0 Å². The third-order valence-corrected chi connectivity index (χ3v) is 4.42. The maximum atomic E-state index is 12.3. The van der Waals surface area contributed by atoms with Crippen molar-refractivity contribution in [3.8, 4) is 11.4 Å². The first-order valence-electron chi connectivity index (χ1n) is 9.07. The number of benzene rings is 1. The van der Waals surface area contributed by atoms with Crippen LogP contribution in [-0.2, 0) is 22.5 Å². The molecule has 1 N–H and O–H groups in total. The Bertz CT molecular complexity index is 884. The molecule has 0 aliphatic carbocycles. The zero-order valence-electron chi connectivity index (χ0n) is 14.9. The molecule has 1 unspecified atom stereocenters. The second-order valence-electron chi connectivity index (χ2n) is 6.40. The van der Waals surface area contributed by atoms with Crippen molar-refractivity contribution in [1.82, 2.24) is 25.0 Å². The molecule has 4 rings (SSSR count). The van der Waals surface area contributed by atoms with Crippen molar-refractivity contribution in [2.24, 2.45) is 0 Å². The van der Waals surface area contributed by atoms with Crippen LogP contribution in [0.25, 0.3) is 11.4 Å². The van der Waals surface area contributed by atoms with E-state index in [1.165, 1.54) is 0 Å².